The number of carbonyl (C=O) groups excluding carboxylic acids is 1. The van der Waals surface area contributed by atoms with Gasteiger partial charge in [-0.05, 0) is 96.7 Å². The minimum absolute atomic E-state index is 0.0268. The summed E-state index contributed by atoms with van der Waals surface area (Å²) in [6.45, 7) is 13.6. The predicted octanol–water partition coefficient (Wildman–Crippen LogP) is 1.02. The van der Waals surface area contributed by atoms with E-state index >= 15 is 0 Å². The first-order chi connectivity index (χ1) is 26.2. The van der Waals surface area contributed by atoms with E-state index in [0.29, 0.717) is 38.0 Å². The molecule has 2 aliphatic heterocycles. The monoisotopic (exact) mass is 798 g/mol. The van der Waals surface area contributed by atoms with Gasteiger partial charge in [0, 0.05) is 17.8 Å². The number of carbonyl (C=O) groups is 1. The highest BCUT2D eigenvalue weighted by molar-refractivity contribution is 5.80. The van der Waals surface area contributed by atoms with Crippen molar-refractivity contribution in [2.45, 2.75) is 186 Å². The Morgan fingerprint density at radius 1 is 0.732 bits per heavy atom. The topological polar surface area (TPSA) is 236 Å². The number of rotatable bonds is 11. The van der Waals surface area contributed by atoms with Gasteiger partial charge in [-0.1, -0.05) is 48.5 Å². The Morgan fingerprint density at radius 3 is 1.96 bits per heavy atom. The average Bonchev–Trinajstić information content (AvgIpc) is 3.74. The van der Waals surface area contributed by atoms with Crippen molar-refractivity contribution < 1.29 is 69.7 Å². The van der Waals surface area contributed by atoms with Crippen LogP contribution in [0.4, 0.5) is 0 Å². The van der Waals surface area contributed by atoms with E-state index in [2.05, 4.69) is 34.6 Å². The third-order valence-corrected chi connectivity index (χ3v) is 17.5. The van der Waals surface area contributed by atoms with Gasteiger partial charge in [0.2, 0.25) is 0 Å². The molecule has 7 fully saturated rings. The van der Waals surface area contributed by atoms with Crippen LogP contribution in [0, 0.1) is 56.7 Å². The highest BCUT2D eigenvalue weighted by Gasteiger charge is 2.84. The van der Waals surface area contributed by atoms with Gasteiger partial charge in [-0.15, -0.1) is 0 Å². The van der Waals surface area contributed by atoms with E-state index in [0.717, 1.165) is 25.7 Å². The summed E-state index contributed by atoms with van der Waals surface area (Å²) in [5.74, 6) is 0.705. The molecular formula is C42H70O14. The number of hydrogen-bond donors (Lipinski definition) is 9. The van der Waals surface area contributed by atoms with E-state index in [4.69, 9.17) is 18.9 Å². The van der Waals surface area contributed by atoms with E-state index in [1.807, 2.05) is 13.8 Å². The Balaban J connectivity index is 1.11. The van der Waals surface area contributed by atoms with Crippen LogP contribution in [-0.2, 0) is 23.7 Å². The lowest BCUT2D eigenvalue weighted by molar-refractivity contribution is -0.377. The van der Waals surface area contributed by atoms with Gasteiger partial charge in [-0.2, -0.15) is 0 Å². The largest absolute Gasteiger partial charge is 0.394 e. The molecule has 5 aliphatic carbocycles. The molecule has 0 aromatic heterocycles. The molecule has 0 bridgehead atoms. The van der Waals surface area contributed by atoms with Crippen LogP contribution >= 0.6 is 0 Å². The first-order valence-corrected chi connectivity index (χ1v) is 21.3. The van der Waals surface area contributed by atoms with Crippen LogP contribution in [0.3, 0.4) is 0 Å². The van der Waals surface area contributed by atoms with Crippen LogP contribution in [0.2, 0.25) is 0 Å². The fourth-order valence-corrected chi connectivity index (χ4v) is 14.4. The van der Waals surface area contributed by atoms with Crippen molar-refractivity contribution >= 4 is 5.78 Å². The molecule has 1 unspecified atom stereocenters. The van der Waals surface area contributed by atoms with Crippen molar-refractivity contribution in [2.24, 2.45) is 56.7 Å². The molecule has 2 heterocycles. The molecule has 2 saturated heterocycles. The molecule has 21 atom stereocenters. The van der Waals surface area contributed by atoms with Gasteiger partial charge in [0.05, 0.1) is 31.5 Å². The number of hydrogen-bond acceptors (Lipinski definition) is 14. The molecule has 14 nitrogen and oxygen atoms in total. The van der Waals surface area contributed by atoms with E-state index in [-0.39, 0.29) is 45.7 Å². The van der Waals surface area contributed by atoms with Gasteiger partial charge in [0.25, 0.3) is 0 Å². The summed E-state index contributed by atoms with van der Waals surface area (Å²) in [4.78, 5) is 12.6. The lowest BCUT2D eigenvalue weighted by Gasteiger charge is -2.64. The summed E-state index contributed by atoms with van der Waals surface area (Å²) in [6, 6.07) is 0. The summed E-state index contributed by atoms with van der Waals surface area (Å²) in [7, 11) is 0. The van der Waals surface area contributed by atoms with Crippen LogP contribution in [0.25, 0.3) is 0 Å². The molecule has 14 heteroatoms. The molecule has 0 amide bonds. The molecule has 322 valence electrons. The highest BCUT2D eigenvalue weighted by atomic mass is 16.8. The summed E-state index contributed by atoms with van der Waals surface area (Å²) in [6.07, 6.45) is -9.96. The first kappa shape index (κ1) is 43.2. The number of ether oxygens (including phenoxy) is 4. The zero-order valence-electron chi connectivity index (χ0n) is 34.2. The lowest BCUT2D eigenvalue weighted by atomic mass is 9.41. The van der Waals surface area contributed by atoms with Gasteiger partial charge >= 0.3 is 0 Å². The minimum Gasteiger partial charge on any atom is -0.394 e. The van der Waals surface area contributed by atoms with Crippen LogP contribution in [0.15, 0.2) is 0 Å². The third-order valence-electron chi connectivity index (χ3n) is 17.5. The smallest absolute Gasteiger partial charge is 0.187 e. The zero-order valence-corrected chi connectivity index (χ0v) is 34.2. The first-order valence-electron chi connectivity index (χ1n) is 21.3. The van der Waals surface area contributed by atoms with E-state index < -0.39 is 104 Å². The molecular weight excluding hydrogens is 728 g/mol. The van der Waals surface area contributed by atoms with E-state index in [1.165, 1.54) is 0 Å². The molecule has 5 saturated carbocycles. The van der Waals surface area contributed by atoms with Gasteiger partial charge < -0.3 is 64.9 Å². The summed E-state index contributed by atoms with van der Waals surface area (Å²) >= 11 is 0. The fourth-order valence-electron chi connectivity index (χ4n) is 14.4. The molecule has 56 heavy (non-hydrogen) atoms. The summed E-state index contributed by atoms with van der Waals surface area (Å²) in [5.41, 5.74) is -1.35. The standard InChI is InChI=1S/C42H70O14/c1-19(2)21(45)9-8-20(3)29-22(46)14-39(6)26-11-10-25-38(4,5)28(12-13-41(25)18-42(26,41)15-27(47)40(29,39)7)55-37-35(33(51)31(49)24(17-44)54-37)56-36-34(52)32(50)30(48)23(16-43)53-36/h19-20,22-37,43-44,46-52H,8-18H2,1-7H3/t20-,22+,23-,24-,25+,26+,27?,28+,29+,30-,31-,32+,33+,34-,35-,36+,37+,39+,40-,41-,42+/m1/s1. The summed E-state index contributed by atoms with van der Waals surface area (Å²) < 4.78 is 24.3. The number of aliphatic hydroxyl groups excluding tert-OH is 9. The van der Waals surface area contributed by atoms with E-state index in [9.17, 15) is 50.8 Å². The highest BCUT2D eigenvalue weighted by Crippen LogP contribution is 2.89. The fraction of sp³-hybridized carbons (Fsp3) is 0.976. The second-order valence-corrected chi connectivity index (χ2v) is 20.5. The van der Waals surface area contributed by atoms with Crippen molar-refractivity contribution in [2.75, 3.05) is 13.2 Å². The van der Waals surface area contributed by atoms with Crippen LogP contribution in [0.5, 0.6) is 0 Å². The van der Waals surface area contributed by atoms with Crippen molar-refractivity contribution in [3.63, 3.8) is 0 Å². The summed E-state index contributed by atoms with van der Waals surface area (Å²) in [5, 5.41) is 97.5. The van der Waals surface area contributed by atoms with E-state index in [1.54, 1.807) is 0 Å². The molecule has 9 N–H and O–H groups in total. The minimum atomic E-state index is -1.76. The molecule has 0 aromatic carbocycles. The molecule has 7 rings (SSSR count). The Bertz CT molecular complexity index is 1440. The Morgan fingerprint density at radius 2 is 1.34 bits per heavy atom. The molecule has 0 aromatic rings. The number of fused-ring (bicyclic) bond motifs is 2. The second kappa shape index (κ2) is 15.0. The number of ketones is 1. The Labute approximate surface area is 330 Å². The maximum absolute atomic E-state index is 12.6. The second-order valence-electron chi connectivity index (χ2n) is 20.5. The van der Waals surface area contributed by atoms with Crippen LogP contribution in [-0.4, -0.2) is 145 Å². The van der Waals surface area contributed by atoms with Gasteiger partial charge in [-0.25, -0.2) is 0 Å². The number of Topliss-reactive ketones (excluding diaryl/α,β-unsaturated/α-hetero) is 1. The van der Waals surface area contributed by atoms with Gasteiger partial charge in [-0.3, -0.25) is 4.79 Å². The van der Waals surface area contributed by atoms with Crippen LogP contribution in [0.1, 0.15) is 106 Å². The third kappa shape index (κ3) is 6.16. The van der Waals surface area contributed by atoms with Crippen molar-refractivity contribution in [3.8, 4) is 0 Å². The Kier molecular flexibility index (Phi) is 11.5. The van der Waals surface area contributed by atoms with Crippen molar-refractivity contribution in [1.29, 1.82) is 0 Å². The lowest BCUT2D eigenvalue weighted by Crippen LogP contribution is -2.65. The molecule has 2 spiro atoms. The van der Waals surface area contributed by atoms with Gasteiger partial charge in [0.15, 0.2) is 12.6 Å². The normalized spacial score (nSPS) is 54.1. The maximum Gasteiger partial charge on any atom is 0.187 e. The van der Waals surface area contributed by atoms with Crippen molar-refractivity contribution in [3.05, 3.63) is 0 Å². The zero-order chi connectivity index (χ0) is 41.1. The Hall–Kier alpha value is -0.850. The maximum atomic E-state index is 12.6. The molecule has 0 radical (unpaired) electrons. The molecule has 7 aliphatic rings. The van der Waals surface area contributed by atoms with Crippen LogP contribution < -0.4 is 0 Å². The predicted molar refractivity (Wildman–Crippen MR) is 199 cm³/mol. The average molecular weight is 799 g/mol. The number of aliphatic hydroxyl groups is 9. The van der Waals surface area contributed by atoms with Crippen molar-refractivity contribution in [1.82, 2.24) is 0 Å². The SMILES string of the molecule is CC(C)C(=O)CC[C@@H](C)[C@H]1[C@@H](O)C[C@@]2(C)[C@@H]3CC[C@H]4C(C)(C)[C@@H](O[C@@H]5O[C@H](CO)[C@@H](O)[C@H](O)[C@H]5O[C@@H]5O[C@H](CO)[C@@H](O)[C@H](O)[C@H]5O)CC[C@@]45C[C@@]35CC(O)[C@]12C. The quantitative estimate of drug-likeness (QED) is 0.133. The van der Waals surface area contributed by atoms with Gasteiger partial charge in [0.1, 0.15) is 54.6 Å².